The first-order valence-electron chi connectivity index (χ1n) is 5.02. The Morgan fingerprint density at radius 2 is 1.81 bits per heavy atom. The van der Waals surface area contributed by atoms with E-state index in [2.05, 4.69) is 5.32 Å². The first-order chi connectivity index (χ1) is 7.32. The van der Waals surface area contributed by atoms with Crippen molar-refractivity contribution in [2.75, 3.05) is 5.32 Å². The SMILES string of the molecule is CC(=O)c1ccccc1NC(=O)C(C)(C)N. The van der Waals surface area contributed by atoms with Crippen LogP contribution in [0.15, 0.2) is 24.3 Å². The fraction of sp³-hybridized carbons (Fsp3) is 0.333. The Morgan fingerprint density at radius 3 is 2.31 bits per heavy atom. The largest absolute Gasteiger partial charge is 0.324 e. The van der Waals surface area contributed by atoms with Gasteiger partial charge in [-0.25, -0.2) is 0 Å². The van der Waals surface area contributed by atoms with E-state index >= 15 is 0 Å². The normalized spacial score (nSPS) is 11.0. The van der Waals surface area contributed by atoms with E-state index in [1.165, 1.54) is 6.92 Å². The zero-order chi connectivity index (χ0) is 12.3. The molecule has 0 aliphatic heterocycles. The molecule has 4 heteroatoms. The Kier molecular flexibility index (Phi) is 3.44. The zero-order valence-electron chi connectivity index (χ0n) is 9.70. The molecular formula is C12H16N2O2. The fourth-order valence-corrected chi connectivity index (χ4v) is 1.18. The summed E-state index contributed by atoms with van der Waals surface area (Å²) in [6.07, 6.45) is 0. The van der Waals surface area contributed by atoms with Crippen molar-refractivity contribution in [1.82, 2.24) is 0 Å². The lowest BCUT2D eigenvalue weighted by molar-refractivity contribution is -0.120. The van der Waals surface area contributed by atoms with Crippen LogP contribution in [0.4, 0.5) is 5.69 Å². The van der Waals surface area contributed by atoms with Crippen LogP contribution in [0.3, 0.4) is 0 Å². The third kappa shape index (κ3) is 2.90. The van der Waals surface area contributed by atoms with Crippen molar-refractivity contribution in [3.63, 3.8) is 0 Å². The van der Waals surface area contributed by atoms with Crippen LogP contribution in [-0.4, -0.2) is 17.2 Å². The Balaban J connectivity index is 2.98. The molecule has 0 saturated carbocycles. The van der Waals surface area contributed by atoms with Gasteiger partial charge < -0.3 is 11.1 Å². The van der Waals surface area contributed by atoms with Crippen molar-refractivity contribution >= 4 is 17.4 Å². The van der Waals surface area contributed by atoms with E-state index in [1.54, 1.807) is 38.1 Å². The molecule has 0 heterocycles. The van der Waals surface area contributed by atoms with E-state index in [1.807, 2.05) is 0 Å². The number of hydrogen-bond donors (Lipinski definition) is 2. The zero-order valence-corrected chi connectivity index (χ0v) is 9.70. The smallest absolute Gasteiger partial charge is 0.243 e. The molecular weight excluding hydrogens is 204 g/mol. The third-order valence-corrected chi connectivity index (χ3v) is 2.14. The van der Waals surface area contributed by atoms with Crippen molar-refractivity contribution in [3.05, 3.63) is 29.8 Å². The number of hydrogen-bond acceptors (Lipinski definition) is 3. The molecule has 0 aliphatic rings. The van der Waals surface area contributed by atoms with Gasteiger partial charge in [-0.15, -0.1) is 0 Å². The minimum absolute atomic E-state index is 0.0919. The molecule has 1 amide bonds. The van der Waals surface area contributed by atoms with Gasteiger partial charge in [0.05, 0.1) is 11.2 Å². The summed E-state index contributed by atoms with van der Waals surface area (Å²) in [7, 11) is 0. The Morgan fingerprint density at radius 1 is 1.25 bits per heavy atom. The average Bonchev–Trinajstić information content (AvgIpc) is 2.16. The number of rotatable bonds is 3. The van der Waals surface area contributed by atoms with Crippen LogP contribution in [0, 0.1) is 0 Å². The molecule has 1 aromatic carbocycles. The van der Waals surface area contributed by atoms with Crippen molar-refractivity contribution in [2.24, 2.45) is 5.73 Å². The van der Waals surface area contributed by atoms with E-state index in [-0.39, 0.29) is 11.7 Å². The molecule has 1 aromatic rings. The number of Topliss-reactive ketones (excluding diaryl/α,β-unsaturated/α-hetero) is 1. The maximum Gasteiger partial charge on any atom is 0.243 e. The number of amides is 1. The second-order valence-electron chi connectivity index (χ2n) is 4.28. The van der Waals surface area contributed by atoms with Gasteiger partial charge in [0.15, 0.2) is 5.78 Å². The maximum atomic E-state index is 11.7. The minimum atomic E-state index is -0.968. The first-order valence-corrected chi connectivity index (χ1v) is 5.02. The number of nitrogens with one attached hydrogen (secondary N) is 1. The summed E-state index contributed by atoms with van der Waals surface area (Å²) in [5, 5.41) is 2.65. The summed E-state index contributed by atoms with van der Waals surface area (Å²) in [5.74, 6) is -0.410. The molecule has 1 rings (SSSR count). The van der Waals surface area contributed by atoms with Gasteiger partial charge in [-0.2, -0.15) is 0 Å². The monoisotopic (exact) mass is 220 g/mol. The summed E-state index contributed by atoms with van der Waals surface area (Å²) in [4.78, 5) is 23.0. The van der Waals surface area contributed by atoms with E-state index in [4.69, 9.17) is 5.73 Å². The van der Waals surface area contributed by atoms with Crippen LogP contribution < -0.4 is 11.1 Å². The quantitative estimate of drug-likeness (QED) is 0.759. The lowest BCUT2D eigenvalue weighted by atomic mass is 10.0. The number of para-hydroxylation sites is 1. The third-order valence-electron chi connectivity index (χ3n) is 2.14. The Bertz CT molecular complexity index is 419. The maximum absolute atomic E-state index is 11.7. The average molecular weight is 220 g/mol. The molecule has 0 bridgehead atoms. The van der Waals surface area contributed by atoms with Gasteiger partial charge in [-0.3, -0.25) is 9.59 Å². The lowest BCUT2D eigenvalue weighted by Gasteiger charge is -2.18. The summed E-state index contributed by atoms with van der Waals surface area (Å²) in [6.45, 7) is 4.68. The molecule has 0 saturated heterocycles. The predicted octanol–water partition coefficient (Wildman–Crippen LogP) is 1.56. The fourth-order valence-electron chi connectivity index (χ4n) is 1.18. The first kappa shape index (κ1) is 12.4. The number of carbonyl (C=O) groups is 2. The highest BCUT2D eigenvalue weighted by Crippen LogP contribution is 2.16. The lowest BCUT2D eigenvalue weighted by Crippen LogP contribution is -2.45. The molecule has 0 unspecified atom stereocenters. The molecule has 0 atom stereocenters. The predicted molar refractivity (Wildman–Crippen MR) is 63.3 cm³/mol. The molecule has 0 aromatic heterocycles. The van der Waals surface area contributed by atoms with Crippen molar-refractivity contribution in [3.8, 4) is 0 Å². The Labute approximate surface area is 94.8 Å². The topological polar surface area (TPSA) is 72.2 Å². The second kappa shape index (κ2) is 4.45. The van der Waals surface area contributed by atoms with Gasteiger partial charge in [-0.05, 0) is 32.9 Å². The number of ketones is 1. The standard InChI is InChI=1S/C12H16N2O2/c1-8(15)9-6-4-5-7-10(9)14-11(16)12(2,3)13/h4-7H,13H2,1-3H3,(H,14,16). The van der Waals surface area contributed by atoms with E-state index in [0.717, 1.165) is 0 Å². The van der Waals surface area contributed by atoms with Crippen LogP contribution in [0.1, 0.15) is 31.1 Å². The number of carbonyl (C=O) groups excluding carboxylic acids is 2. The molecule has 0 spiro atoms. The second-order valence-corrected chi connectivity index (χ2v) is 4.28. The summed E-state index contributed by atoms with van der Waals surface area (Å²) >= 11 is 0. The van der Waals surface area contributed by atoms with E-state index in [0.29, 0.717) is 11.3 Å². The van der Waals surface area contributed by atoms with Crippen LogP contribution >= 0.6 is 0 Å². The number of anilines is 1. The summed E-state index contributed by atoms with van der Waals surface area (Å²) in [6, 6.07) is 6.85. The minimum Gasteiger partial charge on any atom is -0.324 e. The van der Waals surface area contributed by atoms with Crippen molar-refractivity contribution in [2.45, 2.75) is 26.3 Å². The molecule has 86 valence electrons. The van der Waals surface area contributed by atoms with Crippen LogP contribution in [0.25, 0.3) is 0 Å². The Hall–Kier alpha value is -1.68. The molecule has 0 fully saturated rings. The molecule has 4 nitrogen and oxygen atoms in total. The highest BCUT2D eigenvalue weighted by Gasteiger charge is 2.22. The van der Waals surface area contributed by atoms with Gasteiger partial charge in [0.2, 0.25) is 5.91 Å². The van der Waals surface area contributed by atoms with Gasteiger partial charge in [0, 0.05) is 5.56 Å². The number of benzene rings is 1. The summed E-state index contributed by atoms with van der Waals surface area (Å²) < 4.78 is 0. The van der Waals surface area contributed by atoms with E-state index < -0.39 is 5.54 Å². The molecule has 0 aliphatic carbocycles. The molecule has 16 heavy (non-hydrogen) atoms. The van der Waals surface area contributed by atoms with E-state index in [9.17, 15) is 9.59 Å². The highest BCUT2D eigenvalue weighted by molar-refractivity contribution is 6.05. The van der Waals surface area contributed by atoms with Gasteiger partial charge in [0.25, 0.3) is 0 Å². The van der Waals surface area contributed by atoms with Crippen molar-refractivity contribution < 1.29 is 9.59 Å². The van der Waals surface area contributed by atoms with Crippen LogP contribution in [0.2, 0.25) is 0 Å². The van der Waals surface area contributed by atoms with Gasteiger partial charge in [0.1, 0.15) is 0 Å². The van der Waals surface area contributed by atoms with Crippen LogP contribution in [0.5, 0.6) is 0 Å². The molecule has 0 radical (unpaired) electrons. The van der Waals surface area contributed by atoms with Crippen molar-refractivity contribution in [1.29, 1.82) is 0 Å². The highest BCUT2D eigenvalue weighted by atomic mass is 16.2. The summed E-state index contributed by atoms with van der Waals surface area (Å²) in [5.41, 5.74) is 5.67. The van der Waals surface area contributed by atoms with Gasteiger partial charge >= 0.3 is 0 Å². The van der Waals surface area contributed by atoms with Crippen LogP contribution in [-0.2, 0) is 4.79 Å². The molecule has 3 N–H and O–H groups in total. The van der Waals surface area contributed by atoms with Gasteiger partial charge in [-0.1, -0.05) is 12.1 Å². The number of nitrogens with two attached hydrogens (primary N) is 1.